The minimum absolute atomic E-state index is 0.462. The molecule has 104 valence electrons. The van der Waals surface area contributed by atoms with Gasteiger partial charge in [0.25, 0.3) is 0 Å². The Morgan fingerprint density at radius 3 is 2.44 bits per heavy atom. The summed E-state index contributed by atoms with van der Waals surface area (Å²) < 4.78 is 0.507. The molecular weight excluding hydrogens is 260 g/mol. The first-order valence-electron chi connectivity index (χ1n) is 7.14. The first-order chi connectivity index (χ1) is 8.67. The van der Waals surface area contributed by atoms with E-state index in [1.165, 1.54) is 43.0 Å². The highest BCUT2D eigenvalue weighted by molar-refractivity contribution is 8.13. The minimum Gasteiger partial charge on any atom is -0.364 e. The maximum Gasteiger partial charge on any atom is 0.156 e. The monoisotopic (exact) mass is 286 g/mol. The molecule has 0 spiro atoms. The van der Waals surface area contributed by atoms with Crippen molar-refractivity contribution >= 4 is 28.7 Å². The van der Waals surface area contributed by atoms with Crippen LogP contribution in [0.15, 0.2) is 4.99 Å². The van der Waals surface area contributed by atoms with Crippen LogP contribution in [0.2, 0.25) is 0 Å². The summed E-state index contributed by atoms with van der Waals surface area (Å²) in [5.41, 5.74) is 0.462. The Balaban J connectivity index is 1.83. The van der Waals surface area contributed by atoms with E-state index in [0.717, 1.165) is 13.1 Å². The molecule has 1 fully saturated rings. The van der Waals surface area contributed by atoms with Crippen molar-refractivity contribution in [2.45, 2.75) is 50.7 Å². The lowest BCUT2D eigenvalue weighted by Crippen LogP contribution is -2.46. The highest BCUT2D eigenvalue weighted by Gasteiger charge is 2.37. The first kappa shape index (κ1) is 14.6. The number of rotatable bonds is 5. The van der Waals surface area contributed by atoms with Gasteiger partial charge in [0.1, 0.15) is 0 Å². The van der Waals surface area contributed by atoms with Crippen LogP contribution in [0.1, 0.15) is 46.0 Å². The third-order valence-corrected chi connectivity index (χ3v) is 7.55. The van der Waals surface area contributed by atoms with Crippen molar-refractivity contribution in [2.24, 2.45) is 10.4 Å². The van der Waals surface area contributed by atoms with E-state index in [1.807, 2.05) is 23.5 Å². The standard InChI is InChI=1S/C14H26N2S2/c1-4-13(5-2)9-15-12(18-11-13)16-10-14(17-3)7-6-8-14/h4-11H2,1-3H3,(H,15,16). The van der Waals surface area contributed by atoms with Crippen LogP contribution in [0.25, 0.3) is 0 Å². The van der Waals surface area contributed by atoms with Gasteiger partial charge < -0.3 is 5.32 Å². The Labute approximate surface area is 120 Å². The third kappa shape index (κ3) is 3.01. The Hall–Kier alpha value is 0.170. The summed E-state index contributed by atoms with van der Waals surface area (Å²) in [4.78, 5) is 4.78. The van der Waals surface area contributed by atoms with Gasteiger partial charge in [0, 0.05) is 23.6 Å². The molecule has 0 aromatic heterocycles. The van der Waals surface area contributed by atoms with E-state index < -0.39 is 0 Å². The van der Waals surface area contributed by atoms with Crippen LogP contribution in [0, 0.1) is 5.41 Å². The van der Waals surface area contributed by atoms with E-state index in [-0.39, 0.29) is 0 Å². The number of thioether (sulfide) groups is 2. The van der Waals surface area contributed by atoms with Crippen LogP contribution in [-0.4, -0.2) is 35.0 Å². The third-order valence-electron chi connectivity index (χ3n) is 4.83. The van der Waals surface area contributed by atoms with E-state index in [4.69, 9.17) is 4.99 Å². The summed E-state index contributed by atoms with van der Waals surface area (Å²) in [7, 11) is 0. The quantitative estimate of drug-likeness (QED) is 0.832. The molecule has 1 aliphatic heterocycles. The average molecular weight is 287 g/mol. The molecule has 1 N–H and O–H groups in total. The zero-order valence-electron chi connectivity index (χ0n) is 11.9. The van der Waals surface area contributed by atoms with E-state index in [2.05, 4.69) is 25.4 Å². The molecule has 0 aromatic rings. The molecule has 2 rings (SSSR count). The predicted molar refractivity (Wildman–Crippen MR) is 85.9 cm³/mol. The SMILES string of the molecule is CCC1(CC)CN=C(NCC2(SC)CCC2)SC1. The molecule has 0 bridgehead atoms. The predicted octanol–water partition coefficient (Wildman–Crippen LogP) is 3.77. The molecule has 0 unspecified atom stereocenters. The van der Waals surface area contributed by atoms with E-state index >= 15 is 0 Å². The number of hydrogen-bond donors (Lipinski definition) is 1. The zero-order valence-corrected chi connectivity index (χ0v) is 13.6. The van der Waals surface area contributed by atoms with Gasteiger partial charge in [-0.2, -0.15) is 11.8 Å². The maximum atomic E-state index is 4.78. The van der Waals surface area contributed by atoms with Gasteiger partial charge in [-0.3, -0.25) is 4.99 Å². The zero-order chi connectivity index (χ0) is 13.1. The van der Waals surface area contributed by atoms with Crippen LogP contribution in [-0.2, 0) is 0 Å². The van der Waals surface area contributed by atoms with Crippen LogP contribution >= 0.6 is 23.5 Å². The van der Waals surface area contributed by atoms with Gasteiger partial charge in [0.15, 0.2) is 5.17 Å². The van der Waals surface area contributed by atoms with Gasteiger partial charge in [0.05, 0.1) is 0 Å². The second-order valence-electron chi connectivity index (χ2n) is 5.71. The molecule has 4 heteroatoms. The highest BCUT2D eigenvalue weighted by Crippen LogP contribution is 2.42. The fraction of sp³-hybridized carbons (Fsp3) is 0.929. The molecule has 18 heavy (non-hydrogen) atoms. The van der Waals surface area contributed by atoms with Crippen molar-refractivity contribution in [1.29, 1.82) is 0 Å². The Morgan fingerprint density at radius 1 is 1.33 bits per heavy atom. The van der Waals surface area contributed by atoms with Gasteiger partial charge in [-0.05, 0) is 37.4 Å². The number of aliphatic imine (C=N–C) groups is 1. The Morgan fingerprint density at radius 2 is 2.06 bits per heavy atom. The summed E-state index contributed by atoms with van der Waals surface area (Å²) in [5.74, 6) is 1.23. The summed E-state index contributed by atoms with van der Waals surface area (Å²) >= 11 is 3.96. The topological polar surface area (TPSA) is 24.4 Å². The van der Waals surface area contributed by atoms with E-state index in [1.54, 1.807) is 0 Å². The van der Waals surface area contributed by atoms with Gasteiger partial charge in [-0.15, -0.1) is 0 Å². The van der Waals surface area contributed by atoms with Gasteiger partial charge in [-0.1, -0.05) is 32.0 Å². The number of nitrogens with zero attached hydrogens (tertiary/aromatic N) is 1. The number of amidine groups is 1. The lowest BCUT2D eigenvalue weighted by atomic mass is 9.84. The van der Waals surface area contributed by atoms with Gasteiger partial charge in [-0.25, -0.2) is 0 Å². The molecule has 1 saturated carbocycles. The van der Waals surface area contributed by atoms with Crippen molar-refractivity contribution < 1.29 is 0 Å². The average Bonchev–Trinajstić information content (AvgIpc) is 2.39. The van der Waals surface area contributed by atoms with Crippen LogP contribution < -0.4 is 5.32 Å². The fourth-order valence-corrected chi connectivity index (χ4v) is 4.78. The van der Waals surface area contributed by atoms with Crippen molar-refractivity contribution in [1.82, 2.24) is 5.32 Å². The normalized spacial score (nSPS) is 25.2. The van der Waals surface area contributed by atoms with Crippen molar-refractivity contribution in [3.63, 3.8) is 0 Å². The summed E-state index contributed by atoms with van der Waals surface area (Å²) in [6.45, 7) is 6.72. The smallest absolute Gasteiger partial charge is 0.156 e. The van der Waals surface area contributed by atoms with Crippen LogP contribution in [0.5, 0.6) is 0 Å². The molecule has 0 aromatic carbocycles. The summed E-state index contributed by atoms with van der Waals surface area (Å²) in [6, 6.07) is 0. The lowest BCUT2D eigenvalue weighted by Gasteiger charge is -2.41. The van der Waals surface area contributed by atoms with Crippen molar-refractivity contribution in [2.75, 3.05) is 25.1 Å². The molecule has 0 saturated heterocycles. The minimum atomic E-state index is 0.462. The molecule has 0 amide bonds. The second kappa shape index (κ2) is 6.08. The Bertz CT molecular complexity index is 301. The molecule has 1 heterocycles. The van der Waals surface area contributed by atoms with Crippen molar-refractivity contribution in [3.8, 4) is 0 Å². The molecule has 1 aliphatic carbocycles. The number of nitrogens with one attached hydrogen (secondary N) is 1. The van der Waals surface area contributed by atoms with Gasteiger partial charge >= 0.3 is 0 Å². The largest absolute Gasteiger partial charge is 0.364 e. The Kier molecular flexibility index (Phi) is 4.92. The molecule has 0 radical (unpaired) electrons. The van der Waals surface area contributed by atoms with E-state index in [0.29, 0.717) is 10.2 Å². The summed E-state index contributed by atoms with van der Waals surface area (Å²) in [6.07, 6.45) is 8.89. The molecule has 2 aliphatic rings. The number of hydrogen-bond acceptors (Lipinski definition) is 4. The fourth-order valence-electron chi connectivity index (χ4n) is 2.60. The molecular formula is C14H26N2S2. The highest BCUT2D eigenvalue weighted by atomic mass is 32.2. The lowest BCUT2D eigenvalue weighted by molar-refractivity contribution is 0.317. The van der Waals surface area contributed by atoms with Gasteiger partial charge in [0.2, 0.25) is 0 Å². The molecule has 0 atom stereocenters. The summed E-state index contributed by atoms with van der Waals surface area (Å²) in [5, 5.41) is 4.78. The van der Waals surface area contributed by atoms with Crippen LogP contribution in [0.4, 0.5) is 0 Å². The maximum absolute atomic E-state index is 4.78. The second-order valence-corrected chi connectivity index (χ2v) is 7.95. The van der Waals surface area contributed by atoms with E-state index in [9.17, 15) is 0 Å². The van der Waals surface area contributed by atoms with Crippen molar-refractivity contribution in [3.05, 3.63) is 0 Å². The first-order valence-corrected chi connectivity index (χ1v) is 9.35. The van der Waals surface area contributed by atoms with Crippen LogP contribution in [0.3, 0.4) is 0 Å². The molecule has 2 nitrogen and oxygen atoms in total.